The molecule has 0 saturated heterocycles. The lowest BCUT2D eigenvalue weighted by Gasteiger charge is -2.45. The molecule has 7 rings (SSSR count). The minimum atomic E-state index is -3.30. The summed E-state index contributed by atoms with van der Waals surface area (Å²) in [6.07, 6.45) is 0. The van der Waals surface area contributed by atoms with E-state index in [0.29, 0.717) is 39.1 Å². The Morgan fingerprint density at radius 3 is 0.784 bits per heavy atom. The van der Waals surface area contributed by atoms with E-state index in [-0.39, 0.29) is 13.2 Å². The minimum absolute atomic E-state index is 0.121. The van der Waals surface area contributed by atoms with E-state index in [2.05, 4.69) is 89.3 Å². The molecule has 0 aliphatic rings. The van der Waals surface area contributed by atoms with Crippen molar-refractivity contribution in [2.24, 2.45) is 0 Å². The highest BCUT2D eigenvalue weighted by Gasteiger charge is 2.55. The van der Waals surface area contributed by atoms with Crippen molar-refractivity contribution in [1.82, 2.24) is 0 Å². The van der Waals surface area contributed by atoms with Gasteiger partial charge < -0.3 is 14.0 Å². The van der Waals surface area contributed by atoms with Crippen LogP contribution in [0, 0.1) is 105 Å². The Labute approximate surface area is 437 Å². The van der Waals surface area contributed by atoms with Gasteiger partial charge in [-0.25, -0.2) is 0 Å². The molecular formula is C67H49N3O3Si. The van der Waals surface area contributed by atoms with E-state index in [9.17, 15) is 4.80 Å². The number of hydrogen-bond acceptors (Lipinski definition) is 6. The molecule has 0 bridgehead atoms. The topological polar surface area (TPSA) is 110 Å². The molecule has 0 aliphatic carbocycles. The Hall–Kier alpha value is -9.69. The third-order valence-electron chi connectivity index (χ3n) is 11.5. The van der Waals surface area contributed by atoms with Crippen LogP contribution < -0.4 is 4.74 Å². The molecule has 0 spiro atoms. The average Bonchev–Trinajstić information content (AvgIpc) is 3.41. The molecule has 7 heteroatoms. The smallest absolute Gasteiger partial charge is 0.346 e. The fraction of sp³-hybridized carbons (Fsp3) is 0.149. The second-order valence-electron chi connectivity index (χ2n) is 19.0. The fourth-order valence-electron chi connectivity index (χ4n) is 7.58. The predicted octanol–water partition coefficient (Wildman–Crippen LogP) is 12.1. The summed E-state index contributed by atoms with van der Waals surface area (Å²) in [5.41, 5.74) is 10.7. The van der Waals surface area contributed by atoms with Gasteiger partial charge in [0, 0.05) is 65.7 Å². The van der Waals surface area contributed by atoms with Crippen LogP contribution in [0.15, 0.2) is 158 Å². The maximum atomic E-state index is 12.0. The highest BCUT2D eigenvalue weighted by molar-refractivity contribution is 6.72. The van der Waals surface area contributed by atoms with Gasteiger partial charge in [0.15, 0.2) is 5.75 Å². The molecule has 0 atom stereocenters. The Morgan fingerprint density at radius 1 is 0.338 bits per heavy atom. The normalized spacial score (nSPS) is 10.4. The third kappa shape index (κ3) is 14.2. The standard InChI is InChI=1S/C67H49N3O3Si/c1-66(2,3)74(71,67(4,5)6)73-44-43-72-65-63(41-39-57-21-17-51(18-22-57)10-15-55-27-34-60(48-69)35-28-55)45-62(38-31-53-12-7-50(8-13-53)9-14-54-25-32-59(47-68)33-26-54)46-64(65)42-40-58-23-19-52(20-24-58)11-16-56-29-36-61(49-70)37-30-56/h7-8,12-13,17-30,32-37,45-46,71H,43-44H2,1-6H3. The molecule has 0 unspecified atom stereocenters. The first-order chi connectivity index (χ1) is 35.6. The van der Waals surface area contributed by atoms with Gasteiger partial charge in [-0.05, 0) is 158 Å². The summed E-state index contributed by atoms with van der Waals surface area (Å²) >= 11 is 0. The van der Waals surface area contributed by atoms with Gasteiger partial charge in [-0.15, -0.1) is 0 Å². The van der Waals surface area contributed by atoms with Crippen LogP contribution in [0.25, 0.3) is 0 Å². The fourth-order valence-corrected chi connectivity index (χ4v) is 11.1. The molecule has 0 radical (unpaired) electrons. The second kappa shape index (κ2) is 23.9. The van der Waals surface area contributed by atoms with Gasteiger partial charge in [0.25, 0.3) is 0 Å². The van der Waals surface area contributed by atoms with Crippen molar-refractivity contribution in [2.45, 2.75) is 51.6 Å². The Kier molecular flexibility index (Phi) is 16.9. The predicted molar refractivity (Wildman–Crippen MR) is 294 cm³/mol. The van der Waals surface area contributed by atoms with E-state index in [1.165, 1.54) is 0 Å². The SMILES string of the molecule is CC(C)(C)[Si](O)(OCCOc1c(C#Cc2ccc(C#Cc3ccc(C#N)cc3)cc2)cc(C#Cc2ccc(C#Cc3ccc(C#N)cc3)cc2)cc1C#Cc1ccc(C#Cc2ccc(C#N)cc2)cc1)C(C)(C)C. The Balaban J connectivity index is 1.25. The van der Waals surface area contributed by atoms with Gasteiger partial charge in [0.1, 0.15) is 6.61 Å². The molecule has 1 N–H and O–H groups in total. The lowest BCUT2D eigenvalue weighted by molar-refractivity contribution is 0.144. The highest BCUT2D eigenvalue weighted by atomic mass is 28.4. The van der Waals surface area contributed by atoms with Crippen molar-refractivity contribution in [3.05, 3.63) is 241 Å². The van der Waals surface area contributed by atoms with E-state index in [4.69, 9.17) is 24.9 Å². The molecule has 0 aromatic heterocycles. The Morgan fingerprint density at radius 2 is 0.554 bits per heavy atom. The molecule has 0 aliphatic heterocycles. The second-order valence-corrected chi connectivity index (χ2v) is 23.6. The van der Waals surface area contributed by atoms with Crippen molar-refractivity contribution >= 4 is 8.56 Å². The molecule has 0 saturated carbocycles. The number of nitriles is 3. The van der Waals surface area contributed by atoms with Crippen LogP contribution in [0.3, 0.4) is 0 Å². The molecular weight excluding hydrogens is 923 g/mol. The molecule has 6 nitrogen and oxygen atoms in total. The van der Waals surface area contributed by atoms with E-state index >= 15 is 0 Å². The summed E-state index contributed by atoms with van der Waals surface area (Å²) < 4.78 is 13.0. The quantitative estimate of drug-likeness (QED) is 0.105. The van der Waals surface area contributed by atoms with Gasteiger partial charge in [-0.3, -0.25) is 0 Å². The van der Waals surface area contributed by atoms with Crippen molar-refractivity contribution in [3.8, 4) is 95.0 Å². The van der Waals surface area contributed by atoms with Crippen LogP contribution in [0.1, 0.15) is 125 Å². The van der Waals surface area contributed by atoms with Crippen LogP contribution in [0.5, 0.6) is 5.75 Å². The van der Waals surface area contributed by atoms with Crippen molar-refractivity contribution in [3.63, 3.8) is 0 Å². The monoisotopic (exact) mass is 971 g/mol. The maximum absolute atomic E-state index is 12.0. The summed E-state index contributed by atoms with van der Waals surface area (Å²) in [5, 5.41) is 26.5. The van der Waals surface area contributed by atoms with E-state index in [1.54, 1.807) is 36.4 Å². The summed E-state index contributed by atoms with van der Waals surface area (Å²) in [5.74, 6) is 39.5. The zero-order valence-corrected chi connectivity index (χ0v) is 43.0. The Bertz CT molecular complexity index is 3540. The first kappa shape index (κ1) is 52.1. The van der Waals surface area contributed by atoms with Crippen molar-refractivity contribution in [2.75, 3.05) is 13.2 Å². The van der Waals surface area contributed by atoms with Gasteiger partial charge >= 0.3 is 8.56 Å². The summed E-state index contributed by atoms with van der Waals surface area (Å²) in [6.45, 7) is 12.3. The van der Waals surface area contributed by atoms with Crippen LogP contribution in [0.2, 0.25) is 10.1 Å². The van der Waals surface area contributed by atoms with E-state index in [0.717, 1.165) is 50.1 Å². The van der Waals surface area contributed by atoms with Crippen LogP contribution in [-0.4, -0.2) is 26.6 Å². The van der Waals surface area contributed by atoms with Crippen molar-refractivity contribution < 1.29 is 14.0 Å². The van der Waals surface area contributed by atoms with Gasteiger partial charge in [-0.2, -0.15) is 15.8 Å². The van der Waals surface area contributed by atoms with E-state index in [1.807, 2.05) is 163 Å². The molecule has 74 heavy (non-hydrogen) atoms. The molecule has 0 amide bonds. The summed E-state index contributed by atoms with van der Waals surface area (Å²) in [7, 11) is -3.30. The first-order valence-electron chi connectivity index (χ1n) is 23.7. The van der Waals surface area contributed by atoms with Gasteiger partial charge in [-0.1, -0.05) is 113 Å². The largest absolute Gasteiger partial charge is 0.489 e. The highest BCUT2D eigenvalue weighted by Crippen LogP contribution is 2.49. The lowest BCUT2D eigenvalue weighted by Crippen LogP contribution is -2.55. The van der Waals surface area contributed by atoms with Gasteiger partial charge in [0.05, 0.1) is 52.6 Å². The van der Waals surface area contributed by atoms with Crippen LogP contribution in [0.4, 0.5) is 0 Å². The summed E-state index contributed by atoms with van der Waals surface area (Å²) in [4.78, 5) is 12.0. The number of ether oxygens (including phenoxy) is 1. The number of rotatable bonds is 5. The number of nitrogens with zero attached hydrogens (tertiary/aromatic N) is 3. The maximum Gasteiger partial charge on any atom is 0.346 e. The van der Waals surface area contributed by atoms with Gasteiger partial charge in [0.2, 0.25) is 0 Å². The van der Waals surface area contributed by atoms with Crippen LogP contribution >= 0.6 is 0 Å². The molecule has 354 valence electrons. The van der Waals surface area contributed by atoms with E-state index < -0.39 is 18.6 Å². The summed E-state index contributed by atoms with van der Waals surface area (Å²) in [6, 6.07) is 54.6. The number of hydrogen-bond donors (Lipinski definition) is 1. The number of benzene rings is 7. The lowest BCUT2D eigenvalue weighted by atomic mass is 10.0. The first-order valence-corrected chi connectivity index (χ1v) is 25.6. The molecule has 0 heterocycles. The molecule has 7 aromatic rings. The zero-order chi connectivity index (χ0) is 52.6. The molecule has 0 fully saturated rings. The van der Waals surface area contributed by atoms with Crippen LogP contribution in [-0.2, 0) is 4.43 Å². The zero-order valence-electron chi connectivity index (χ0n) is 42.0. The average molecular weight is 972 g/mol. The van der Waals surface area contributed by atoms with Crippen molar-refractivity contribution in [1.29, 1.82) is 15.8 Å². The molecule has 7 aromatic carbocycles. The minimum Gasteiger partial charge on any atom is -0.489 e. The third-order valence-corrected chi connectivity index (χ3v) is 16.2.